The third-order valence-electron chi connectivity index (χ3n) is 4.69. The van der Waals surface area contributed by atoms with Crippen molar-refractivity contribution in [2.75, 3.05) is 4.90 Å². The fourth-order valence-electron chi connectivity index (χ4n) is 3.30. The molecule has 0 aliphatic heterocycles. The second-order valence-corrected chi connectivity index (χ2v) is 6.85. The van der Waals surface area contributed by atoms with Crippen molar-refractivity contribution in [2.45, 2.75) is 14.4 Å². The molecule has 0 heterocycles. The van der Waals surface area contributed by atoms with E-state index in [0.717, 1.165) is 17.1 Å². The second-order valence-electron chi connectivity index (χ2n) is 6.85. The molecule has 144 valence electrons. The van der Waals surface area contributed by atoms with E-state index in [0.29, 0.717) is 0 Å². The highest BCUT2D eigenvalue weighted by atomic mass is 15.1. The van der Waals surface area contributed by atoms with Crippen molar-refractivity contribution < 1.29 is 0 Å². The van der Waals surface area contributed by atoms with Crippen LogP contribution < -0.4 is 4.90 Å². The molecule has 4 aromatic carbocycles. The van der Waals surface area contributed by atoms with E-state index in [-0.39, 0.29) is 7.43 Å². The number of nitrogens with zero attached hydrogens (tertiary/aromatic N) is 1. The van der Waals surface area contributed by atoms with Crippen molar-refractivity contribution in [3.05, 3.63) is 126 Å². The van der Waals surface area contributed by atoms with E-state index in [4.69, 9.17) is 0 Å². The Morgan fingerprint density at radius 3 is 1.59 bits per heavy atom. The average Bonchev–Trinajstić information content (AvgIpc) is 2.75. The highest BCUT2D eigenvalue weighted by molar-refractivity contribution is 5.78. The molecule has 0 fully saturated rings. The number of aryl methyl sites for hydroxylation is 1. The number of rotatable bonds is 5. The molecule has 4 aromatic rings. The van der Waals surface area contributed by atoms with Gasteiger partial charge in [0.25, 0.3) is 0 Å². The molecule has 0 spiro atoms. The number of hydrogen-bond donors (Lipinski definition) is 0. The topological polar surface area (TPSA) is 3.24 Å². The quantitative estimate of drug-likeness (QED) is 0.316. The highest BCUT2D eigenvalue weighted by Crippen LogP contribution is 2.34. The van der Waals surface area contributed by atoms with Crippen LogP contribution in [0.15, 0.2) is 109 Å². The zero-order chi connectivity index (χ0) is 19.2. The van der Waals surface area contributed by atoms with Crippen molar-refractivity contribution in [1.29, 1.82) is 0 Å². The van der Waals surface area contributed by atoms with Crippen LogP contribution in [0.4, 0.5) is 17.1 Å². The summed E-state index contributed by atoms with van der Waals surface area (Å²) < 4.78 is 0. The lowest BCUT2D eigenvalue weighted by Crippen LogP contribution is -2.09. The van der Waals surface area contributed by atoms with Crippen molar-refractivity contribution in [3.8, 4) is 0 Å². The maximum absolute atomic E-state index is 2.27. The molecule has 0 saturated heterocycles. The first-order valence-electron chi connectivity index (χ1n) is 9.55. The Bertz CT molecular complexity index is 1010. The Hall–Kier alpha value is -3.58. The molecule has 1 heteroatoms. The second kappa shape index (κ2) is 9.57. The Kier molecular flexibility index (Phi) is 6.65. The van der Waals surface area contributed by atoms with Gasteiger partial charge in [0.05, 0.1) is 0 Å². The van der Waals surface area contributed by atoms with Crippen LogP contribution in [-0.2, 0) is 0 Å². The summed E-state index contributed by atoms with van der Waals surface area (Å²) in [6, 6.07) is 38.2. The number of para-hydroxylation sites is 2. The van der Waals surface area contributed by atoms with Crippen LogP contribution in [0.25, 0.3) is 12.2 Å². The van der Waals surface area contributed by atoms with Gasteiger partial charge in [0, 0.05) is 17.1 Å². The zero-order valence-corrected chi connectivity index (χ0v) is 16.0. The summed E-state index contributed by atoms with van der Waals surface area (Å²) in [5.74, 6) is 0. The lowest BCUT2D eigenvalue weighted by atomic mass is 10.1. The lowest BCUT2D eigenvalue weighted by molar-refractivity contribution is 1.28. The van der Waals surface area contributed by atoms with E-state index in [2.05, 4.69) is 121 Å². The van der Waals surface area contributed by atoms with Gasteiger partial charge in [-0.1, -0.05) is 97.9 Å². The van der Waals surface area contributed by atoms with E-state index < -0.39 is 0 Å². The average molecular weight is 378 g/mol. The van der Waals surface area contributed by atoms with Gasteiger partial charge in [0.1, 0.15) is 0 Å². The fourth-order valence-corrected chi connectivity index (χ4v) is 3.30. The maximum Gasteiger partial charge on any atom is 0.0462 e. The minimum Gasteiger partial charge on any atom is -0.311 e. The van der Waals surface area contributed by atoms with E-state index in [1.165, 1.54) is 16.7 Å². The van der Waals surface area contributed by atoms with Crippen LogP contribution in [0, 0.1) is 6.92 Å². The summed E-state index contributed by atoms with van der Waals surface area (Å²) in [6.45, 7) is 2.12. The molecule has 0 bridgehead atoms. The minimum absolute atomic E-state index is 0. The molecule has 0 amide bonds. The lowest BCUT2D eigenvalue weighted by Gasteiger charge is -2.25. The van der Waals surface area contributed by atoms with Crippen LogP contribution in [0.2, 0.25) is 0 Å². The van der Waals surface area contributed by atoms with Crippen molar-refractivity contribution >= 4 is 29.2 Å². The van der Waals surface area contributed by atoms with E-state index in [1.807, 2.05) is 12.1 Å². The molecule has 0 saturated carbocycles. The van der Waals surface area contributed by atoms with Crippen molar-refractivity contribution in [1.82, 2.24) is 0 Å². The van der Waals surface area contributed by atoms with Gasteiger partial charge in [-0.3, -0.25) is 0 Å². The summed E-state index contributed by atoms with van der Waals surface area (Å²) in [7, 11) is 0. The van der Waals surface area contributed by atoms with E-state index in [9.17, 15) is 0 Å². The number of hydrogen-bond acceptors (Lipinski definition) is 1. The normalized spacial score (nSPS) is 10.5. The third kappa shape index (κ3) is 5.03. The fraction of sp³-hybridized carbons (Fsp3) is 0.0714. The van der Waals surface area contributed by atoms with Gasteiger partial charge in [-0.25, -0.2) is 0 Å². The van der Waals surface area contributed by atoms with Gasteiger partial charge in [-0.15, -0.1) is 0 Å². The largest absolute Gasteiger partial charge is 0.311 e. The summed E-state index contributed by atoms with van der Waals surface area (Å²) in [5.41, 5.74) is 7.13. The predicted molar refractivity (Wildman–Crippen MR) is 128 cm³/mol. The molecule has 29 heavy (non-hydrogen) atoms. The van der Waals surface area contributed by atoms with Crippen molar-refractivity contribution in [3.63, 3.8) is 0 Å². The predicted octanol–water partition coefficient (Wildman–Crippen LogP) is 8.27. The maximum atomic E-state index is 2.27. The summed E-state index contributed by atoms with van der Waals surface area (Å²) in [5, 5.41) is 0. The Morgan fingerprint density at radius 1 is 0.517 bits per heavy atom. The smallest absolute Gasteiger partial charge is 0.0462 e. The number of anilines is 3. The molecular weight excluding hydrogens is 350 g/mol. The molecule has 0 radical (unpaired) electrons. The van der Waals surface area contributed by atoms with Gasteiger partial charge in [0.2, 0.25) is 0 Å². The molecule has 0 aliphatic rings. The highest BCUT2D eigenvalue weighted by Gasteiger charge is 2.11. The minimum atomic E-state index is 0. The van der Waals surface area contributed by atoms with Crippen LogP contribution in [0.3, 0.4) is 0 Å². The Labute approximate surface area is 174 Å². The first kappa shape index (κ1) is 20.2. The molecule has 0 aliphatic carbocycles. The Morgan fingerprint density at radius 2 is 1.03 bits per heavy atom. The molecule has 0 atom stereocenters. The van der Waals surface area contributed by atoms with Gasteiger partial charge in [0.15, 0.2) is 0 Å². The van der Waals surface area contributed by atoms with E-state index >= 15 is 0 Å². The first-order valence-corrected chi connectivity index (χ1v) is 9.55. The van der Waals surface area contributed by atoms with Crippen molar-refractivity contribution in [2.24, 2.45) is 0 Å². The van der Waals surface area contributed by atoms with Crippen LogP contribution in [0.1, 0.15) is 24.1 Å². The van der Waals surface area contributed by atoms with Gasteiger partial charge in [-0.2, -0.15) is 0 Å². The standard InChI is InChI=1S/C27H23N.CH4/c1-22-9-8-10-24(21-22)16-15-23-17-19-27(20-18-23)28(25-11-4-2-5-12-25)26-13-6-3-7-14-26;/h2-21H,1H3;1H4/b16-15+;. The van der Waals surface area contributed by atoms with Crippen LogP contribution >= 0.6 is 0 Å². The van der Waals surface area contributed by atoms with Gasteiger partial charge < -0.3 is 4.90 Å². The molecule has 0 aromatic heterocycles. The van der Waals surface area contributed by atoms with E-state index in [1.54, 1.807) is 0 Å². The van der Waals surface area contributed by atoms with Crippen LogP contribution in [0.5, 0.6) is 0 Å². The molecule has 4 rings (SSSR count). The van der Waals surface area contributed by atoms with Gasteiger partial charge in [-0.05, 0) is 54.4 Å². The van der Waals surface area contributed by atoms with Crippen LogP contribution in [-0.4, -0.2) is 0 Å². The summed E-state index contributed by atoms with van der Waals surface area (Å²) >= 11 is 0. The monoisotopic (exact) mass is 377 g/mol. The van der Waals surface area contributed by atoms with Gasteiger partial charge >= 0.3 is 0 Å². The SMILES string of the molecule is C.Cc1cccc(/C=C/c2ccc(N(c3ccccc3)c3ccccc3)cc2)c1. The third-order valence-corrected chi connectivity index (χ3v) is 4.69. The molecule has 0 unspecified atom stereocenters. The summed E-state index contributed by atoms with van der Waals surface area (Å²) in [6.07, 6.45) is 4.32. The Balaban J connectivity index is 0.00000240. The molecule has 0 N–H and O–H groups in total. The zero-order valence-electron chi connectivity index (χ0n) is 16.0. The first-order chi connectivity index (χ1) is 13.8. The number of benzene rings is 4. The molecular formula is C28H27N. The summed E-state index contributed by atoms with van der Waals surface area (Å²) in [4.78, 5) is 2.27. The molecule has 1 nitrogen and oxygen atoms in total.